The monoisotopic (exact) mass is 354 g/mol. The van der Waals surface area contributed by atoms with Crippen LogP contribution in [0.4, 0.5) is 5.13 Å². The summed E-state index contributed by atoms with van der Waals surface area (Å²) in [5.41, 5.74) is 2.18. The Balaban J connectivity index is 1.73. The number of thiazole rings is 1. The molecule has 1 aliphatic rings. The predicted octanol–water partition coefficient (Wildman–Crippen LogP) is 3.87. The number of aliphatic imine (C=N–C) groups is 1. The fourth-order valence-corrected chi connectivity index (χ4v) is 4.15. The van der Waals surface area contributed by atoms with E-state index in [1.807, 2.05) is 36.8 Å². The Kier molecular flexibility index (Phi) is 3.74. The average molecular weight is 354 g/mol. The molecule has 120 valence electrons. The maximum atomic E-state index is 12.5. The van der Waals surface area contributed by atoms with Gasteiger partial charge in [-0.2, -0.15) is 4.99 Å². The highest BCUT2D eigenvalue weighted by atomic mass is 32.2. The lowest BCUT2D eigenvalue weighted by atomic mass is 10.1. The first kappa shape index (κ1) is 15.2. The van der Waals surface area contributed by atoms with Crippen LogP contribution in [0.5, 0.6) is 0 Å². The number of carbonyl (C=O) groups is 1. The zero-order valence-electron chi connectivity index (χ0n) is 13.1. The molecule has 3 aromatic rings. The smallest absolute Gasteiger partial charge is 0.266 e. The molecule has 1 fully saturated rings. The first-order valence-electron chi connectivity index (χ1n) is 7.33. The highest BCUT2D eigenvalue weighted by Crippen LogP contribution is 2.34. The second kappa shape index (κ2) is 5.92. The summed E-state index contributed by atoms with van der Waals surface area (Å²) in [4.78, 5) is 23.4. The van der Waals surface area contributed by atoms with E-state index < -0.39 is 0 Å². The Bertz CT molecular complexity index is 985. The fraction of sp³-hybridized carbons (Fsp3) is 0.118. The molecule has 1 saturated heterocycles. The van der Waals surface area contributed by atoms with E-state index in [1.165, 1.54) is 23.1 Å². The molecule has 24 heavy (non-hydrogen) atoms. The SMILES string of the molecule is CN1C(=O)/C(=C/c2cn(C)c3ccccc23)S/C1=N/c1nccs1. The van der Waals surface area contributed by atoms with Crippen LogP contribution in [0.25, 0.3) is 17.0 Å². The molecule has 0 bridgehead atoms. The quantitative estimate of drug-likeness (QED) is 0.657. The van der Waals surface area contributed by atoms with Crippen molar-refractivity contribution in [3.63, 3.8) is 0 Å². The van der Waals surface area contributed by atoms with Gasteiger partial charge in [-0.05, 0) is 23.9 Å². The third-order valence-electron chi connectivity index (χ3n) is 3.83. The van der Waals surface area contributed by atoms with E-state index in [9.17, 15) is 4.79 Å². The number of benzene rings is 1. The van der Waals surface area contributed by atoms with Crippen molar-refractivity contribution >= 4 is 56.3 Å². The van der Waals surface area contributed by atoms with Gasteiger partial charge in [0.15, 0.2) is 5.17 Å². The normalized spacial score (nSPS) is 18.4. The molecular weight excluding hydrogens is 340 g/mol. The van der Waals surface area contributed by atoms with Crippen LogP contribution in [0.3, 0.4) is 0 Å². The maximum Gasteiger partial charge on any atom is 0.266 e. The lowest BCUT2D eigenvalue weighted by Crippen LogP contribution is -2.23. The van der Waals surface area contributed by atoms with Crippen LogP contribution >= 0.6 is 23.1 Å². The van der Waals surface area contributed by atoms with E-state index in [2.05, 4.69) is 26.7 Å². The van der Waals surface area contributed by atoms with Crippen LogP contribution in [0.1, 0.15) is 5.56 Å². The fourth-order valence-electron chi connectivity index (χ4n) is 2.63. The van der Waals surface area contributed by atoms with E-state index in [-0.39, 0.29) is 5.91 Å². The predicted molar refractivity (Wildman–Crippen MR) is 100 cm³/mol. The summed E-state index contributed by atoms with van der Waals surface area (Å²) >= 11 is 2.83. The summed E-state index contributed by atoms with van der Waals surface area (Å²) in [6.45, 7) is 0. The van der Waals surface area contributed by atoms with Gasteiger partial charge >= 0.3 is 0 Å². The second-order valence-corrected chi connectivity index (χ2v) is 7.28. The molecule has 7 heteroatoms. The minimum atomic E-state index is -0.0387. The van der Waals surface area contributed by atoms with Gasteiger partial charge in [-0.1, -0.05) is 18.2 Å². The summed E-state index contributed by atoms with van der Waals surface area (Å²) in [5.74, 6) is -0.0387. The first-order chi connectivity index (χ1) is 11.6. The number of rotatable bonds is 2. The number of para-hydroxylation sites is 1. The van der Waals surface area contributed by atoms with Gasteiger partial charge in [-0.25, -0.2) is 4.98 Å². The lowest BCUT2D eigenvalue weighted by Gasteiger charge is -2.05. The second-order valence-electron chi connectivity index (χ2n) is 5.40. The molecule has 3 heterocycles. The summed E-state index contributed by atoms with van der Waals surface area (Å²) in [6, 6.07) is 8.17. The number of aryl methyl sites for hydroxylation is 1. The number of likely N-dealkylation sites (N-methyl/N-ethyl adjacent to an activating group) is 1. The van der Waals surface area contributed by atoms with E-state index in [1.54, 1.807) is 18.1 Å². The Morgan fingerprint density at radius 3 is 2.88 bits per heavy atom. The average Bonchev–Trinajstić information content (AvgIpc) is 3.27. The molecule has 0 N–H and O–H groups in total. The standard InChI is InChI=1S/C17H14N4OS2/c1-20-10-11(12-5-3-4-6-13(12)20)9-14-15(22)21(2)17(24-14)19-16-18-7-8-23-16/h3-10H,1-2H3/b14-9-,19-17+. The number of hydrogen-bond acceptors (Lipinski definition) is 5. The van der Waals surface area contributed by atoms with Gasteiger partial charge in [0.05, 0.1) is 4.91 Å². The summed E-state index contributed by atoms with van der Waals surface area (Å²) < 4.78 is 2.07. The van der Waals surface area contributed by atoms with Crippen LogP contribution in [0.2, 0.25) is 0 Å². The van der Waals surface area contributed by atoms with Crippen molar-refractivity contribution in [2.45, 2.75) is 0 Å². The van der Waals surface area contributed by atoms with Crippen LogP contribution in [-0.2, 0) is 11.8 Å². The number of carbonyl (C=O) groups excluding carboxylic acids is 1. The van der Waals surface area contributed by atoms with Crippen LogP contribution in [-0.4, -0.2) is 32.6 Å². The maximum absolute atomic E-state index is 12.5. The van der Waals surface area contributed by atoms with Gasteiger partial charge in [0.2, 0.25) is 5.13 Å². The van der Waals surface area contributed by atoms with Crippen molar-refractivity contribution in [2.75, 3.05) is 7.05 Å². The molecule has 4 rings (SSSR count). The number of amidine groups is 1. The highest BCUT2D eigenvalue weighted by Gasteiger charge is 2.30. The van der Waals surface area contributed by atoms with Crippen molar-refractivity contribution in [2.24, 2.45) is 12.0 Å². The molecule has 1 amide bonds. The van der Waals surface area contributed by atoms with Gasteiger partial charge in [-0.3, -0.25) is 9.69 Å². The van der Waals surface area contributed by atoms with Crippen LogP contribution in [0, 0.1) is 0 Å². The van der Waals surface area contributed by atoms with Gasteiger partial charge < -0.3 is 4.57 Å². The molecule has 0 unspecified atom stereocenters. The van der Waals surface area contributed by atoms with Crippen molar-refractivity contribution in [3.8, 4) is 0 Å². The van der Waals surface area contributed by atoms with Crippen molar-refractivity contribution in [1.82, 2.24) is 14.5 Å². The Hall–Kier alpha value is -2.38. The van der Waals surface area contributed by atoms with Crippen LogP contribution in [0.15, 0.2) is 51.9 Å². The molecule has 1 aliphatic heterocycles. The molecule has 1 aromatic carbocycles. The number of fused-ring (bicyclic) bond motifs is 1. The molecule has 0 saturated carbocycles. The number of nitrogens with zero attached hydrogens (tertiary/aromatic N) is 4. The van der Waals surface area contributed by atoms with Crippen LogP contribution < -0.4 is 0 Å². The molecule has 0 radical (unpaired) electrons. The molecule has 0 aliphatic carbocycles. The minimum absolute atomic E-state index is 0.0387. The van der Waals surface area contributed by atoms with E-state index in [4.69, 9.17) is 0 Å². The summed E-state index contributed by atoms with van der Waals surface area (Å²) in [7, 11) is 3.75. The van der Waals surface area contributed by atoms with E-state index in [0.29, 0.717) is 15.2 Å². The molecule has 5 nitrogen and oxygen atoms in total. The highest BCUT2D eigenvalue weighted by molar-refractivity contribution is 8.18. The van der Waals surface area contributed by atoms with Gasteiger partial charge in [0, 0.05) is 48.3 Å². The largest absolute Gasteiger partial charge is 0.350 e. The lowest BCUT2D eigenvalue weighted by molar-refractivity contribution is -0.121. The minimum Gasteiger partial charge on any atom is -0.350 e. The third-order valence-corrected chi connectivity index (χ3v) is 5.55. The molecule has 2 aromatic heterocycles. The van der Waals surface area contributed by atoms with Gasteiger partial charge in [-0.15, -0.1) is 11.3 Å². The summed E-state index contributed by atoms with van der Waals surface area (Å²) in [6.07, 6.45) is 5.69. The zero-order valence-corrected chi connectivity index (χ0v) is 14.8. The first-order valence-corrected chi connectivity index (χ1v) is 9.03. The van der Waals surface area contributed by atoms with Gasteiger partial charge in [0.1, 0.15) is 0 Å². The third kappa shape index (κ3) is 2.55. The van der Waals surface area contributed by atoms with E-state index in [0.717, 1.165) is 16.5 Å². The van der Waals surface area contributed by atoms with Gasteiger partial charge in [0.25, 0.3) is 5.91 Å². The summed E-state index contributed by atoms with van der Waals surface area (Å²) in [5, 5.41) is 4.31. The number of aromatic nitrogens is 2. The molecular formula is C17H14N4OS2. The van der Waals surface area contributed by atoms with Crippen molar-refractivity contribution < 1.29 is 4.79 Å². The zero-order chi connectivity index (χ0) is 16.7. The number of thioether (sulfide) groups is 1. The Labute approximate surface area is 147 Å². The van der Waals surface area contributed by atoms with E-state index >= 15 is 0 Å². The Morgan fingerprint density at radius 1 is 1.25 bits per heavy atom. The molecule has 0 spiro atoms. The number of hydrogen-bond donors (Lipinski definition) is 0. The van der Waals surface area contributed by atoms with Crippen molar-refractivity contribution in [3.05, 3.63) is 52.5 Å². The topological polar surface area (TPSA) is 50.5 Å². The number of amides is 1. The molecule has 0 atom stereocenters. The Morgan fingerprint density at radius 2 is 2.08 bits per heavy atom. The van der Waals surface area contributed by atoms with Crippen molar-refractivity contribution in [1.29, 1.82) is 0 Å².